The van der Waals surface area contributed by atoms with Crippen molar-refractivity contribution in [2.45, 2.75) is 57.8 Å². The van der Waals surface area contributed by atoms with Crippen LogP contribution in [-0.4, -0.2) is 37.5 Å². The van der Waals surface area contributed by atoms with E-state index in [4.69, 9.17) is 14.2 Å². The third-order valence-corrected chi connectivity index (χ3v) is 4.75. The summed E-state index contributed by atoms with van der Waals surface area (Å²) in [5, 5.41) is 0. The number of carbonyl (C=O) groups excluding carboxylic acids is 1. The second kappa shape index (κ2) is 5.86. The van der Waals surface area contributed by atoms with Gasteiger partial charge in [0.05, 0.1) is 12.7 Å². The molecule has 1 aliphatic carbocycles. The minimum atomic E-state index is -0.110. The van der Waals surface area contributed by atoms with E-state index >= 15 is 0 Å². The van der Waals surface area contributed by atoms with Crippen LogP contribution in [0.2, 0.25) is 0 Å². The zero-order chi connectivity index (χ0) is 14.1. The van der Waals surface area contributed by atoms with Crippen LogP contribution in [0.4, 0.5) is 0 Å². The van der Waals surface area contributed by atoms with Crippen molar-refractivity contribution in [1.29, 1.82) is 0 Å². The maximum absolute atomic E-state index is 11.6. The van der Waals surface area contributed by atoms with E-state index in [1.54, 1.807) is 0 Å². The molecule has 0 unspecified atom stereocenters. The van der Waals surface area contributed by atoms with Crippen LogP contribution in [0.5, 0.6) is 0 Å². The lowest BCUT2D eigenvalue weighted by Crippen LogP contribution is -2.54. The molecule has 0 aromatic heterocycles. The van der Waals surface area contributed by atoms with Crippen LogP contribution in [0, 0.1) is 11.8 Å². The van der Waals surface area contributed by atoms with Gasteiger partial charge in [0.2, 0.25) is 0 Å². The molecule has 4 nitrogen and oxygen atoms in total. The molecular weight excluding hydrogens is 256 g/mol. The van der Waals surface area contributed by atoms with Gasteiger partial charge in [-0.2, -0.15) is 0 Å². The molecule has 20 heavy (non-hydrogen) atoms. The zero-order valence-corrected chi connectivity index (χ0v) is 12.3. The Morgan fingerprint density at radius 1 is 1.30 bits per heavy atom. The number of ether oxygens (including phenoxy) is 3. The van der Waals surface area contributed by atoms with E-state index in [9.17, 15) is 4.79 Å². The molecule has 0 N–H and O–H groups in total. The first-order valence-corrected chi connectivity index (χ1v) is 7.71. The predicted octanol–water partition coefficient (Wildman–Crippen LogP) is 2.47. The highest BCUT2D eigenvalue weighted by Crippen LogP contribution is 2.43. The standard InChI is InChI=1S/C16H24O4/c1-10(2)5-7-19-16-14-12(6-8-18-14)9-11-3-4-13(17)20-15(11)16/h5,11-12,14-16H,3-4,6-9H2,1-2H3/t11-,12+,14-,15+,16+/m0/s1. The fourth-order valence-electron chi connectivity index (χ4n) is 3.72. The van der Waals surface area contributed by atoms with Crippen molar-refractivity contribution in [3.8, 4) is 0 Å². The van der Waals surface area contributed by atoms with Crippen molar-refractivity contribution in [2.75, 3.05) is 13.2 Å². The molecule has 0 spiro atoms. The van der Waals surface area contributed by atoms with Gasteiger partial charge in [0.25, 0.3) is 0 Å². The molecule has 0 amide bonds. The Balaban J connectivity index is 1.73. The Morgan fingerprint density at radius 3 is 2.90 bits per heavy atom. The summed E-state index contributed by atoms with van der Waals surface area (Å²) in [5.41, 5.74) is 1.24. The Kier molecular flexibility index (Phi) is 4.13. The van der Waals surface area contributed by atoms with Gasteiger partial charge in [-0.15, -0.1) is 0 Å². The van der Waals surface area contributed by atoms with E-state index in [0.29, 0.717) is 24.9 Å². The van der Waals surface area contributed by atoms with E-state index in [-0.39, 0.29) is 24.3 Å². The molecule has 2 saturated heterocycles. The highest BCUT2D eigenvalue weighted by molar-refractivity contribution is 5.70. The number of hydrogen-bond donors (Lipinski definition) is 0. The number of esters is 1. The van der Waals surface area contributed by atoms with Crippen molar-refractivity contribution in [2.24, 2.45) is 11.8 Å². The molecule has 4 heteroatoms. The highest BCUT2D eigenvalue weighted by Gasteiger charge is 2.51. The average Bonchev–Trinajstić information content (AvgIpc) is 2.86. The van der Waals surface area contributed by atoms with Crippen molar-refractivity contribution in [3.05, 3.63) is 11.6 Å². The lowest BCUT2D eigenvalue weighted by molar-refractivity contribution is -0.196. The largest absolute Gasteiger partial charge is 0.459 e. The molecule has 0 bridgehead atoms. The van der Waals surface area contributed by atoms with Gasteiger partial charge < -0.3 is 14.2 Å². The van der Waals surface area contributed by atoms with Gasteiger partial charge in [-0.3, -0.25) is 4.79 Å². The molecule has 3 aliphatic rings. The topological polar surface area (TPSA) is 44.8 Å². The fraction of sp³-hybridized carbons (Fsp3) is 0.812. The average molecular weight is 280 g/mol. The minimum absolute atomic E-state index is 0.0847. The molecule has 0 aromatic rings. The zero-order valence-electron chi connectivity index (χ0n) is 12.3. The summed E-state index contributed by atoms with van der Waals surface area (Å²) in [5.74, 6) is 0.940. The molecule has 5 atom stereocenters. The molecule has 112 valence electrons. The molecule has 2 aliphatic heterocycles. The Hall–Kier alpha value is -0.870. The Labute approximate surface area is 120 Å². The molecular formula is C16H24O4. The van der Waals surface area contributed by atoms with Crippen molar-refractivity contribution >= 4 is 5.97 Å². The Morgan fingerprint density at radius 2 is 2.10 bits per heavy atom. The molecule has 3 fully saturated rings. The quantitative estimate of drug-likeness (QED) is 0.588. The predicted molar refractivity (Wildman–Crippen MR) is 74.2 cm³/mol. The molecule has 0 radical (unpaired) electrons. The third kappa shape index (κ3) is 2.77. The Bertz CT molecular complexity index is 399. The maximum Gasteiger partial charge on any atom is 0.306 e. The summed E-state index contributed by atoms with van der Waals surface area (Å²) < 4.78 is 17.5. The summed E-state index contributed by atoms with van der Waals surface area (Å²) in [6, 6.07) is 0. The maximum atomic E-state index is 11.6. The lowest BCUT2D eigenvalue weighted by atomic mass is 9.73. The van der Waals surface area contributed by atoms with Crippen LogP contribution in [0.15, 0.2) is 11.6 Å². The van der Waals surface area contributed by atoms with Crippen molar-refractivity contribution < 1.29 is 19.0 Å². The van der Waals surface area contributed by atoms with Crippen LogP contribution < -0.4 is 0 Å². The van der Waals surface area contributed by atoms with Gasteiger partial charge in [0, 0.05) is 13.0 Å². The van der Waals surface area contributed by atoms with Crippen molar-refractivity contribution in [3.63, 3.8) is 0 Å². The number of allylic oxidation sites excluding steroid dienone is 1. The van der Waals surface area contributed by atoms with Gasteiger partial charge >= 0.3 is 5.97 Å². The minimum Gasteiger partial charge on any atom is -0.459 e. The van der Waals surface area contributed by atoms with E-state index < -0.39 is 0 Å². The molecule has 2 heterocycles. The summed E-state index contributed by atoms with van der Waals surface area (Å²) >= 11 is 0. The molecule has 1 saturated carbocycles. The van der Waals surface area contributed by atoms with Gasteiger partial charge in [-0.25, -0.2) is 0 Å². The summed E-state index contributed by atoms with van der Waals surface area (Å²) in [7, 11) is 0. The van der Waals surface area contributed by atoms with E-state index in [0.717, 1.165) is 25.9 Å². The number of rotatable bonds is 3. The van der Waals surface area contributed by atoms with Crippen LogP contribution in [0.1, 0.15) is 39.5 Å². The van der Waals surface area contributed by atoms with Crippen LogP contribution in [-0.2, 0) is 19.0 Å². The molecule has 0 aromatic carbocycles. The molecule has 3 rings (SSSR count). The van der Waals surface area contributed by atoms with Crippen molar-refractivity contribution in [1.82, 2.24) is 0 Å². The van der Waals surface area contributed by atoms with Crippen LogP contribution in [0.25, 0.3) is 0 Å². The first-order valence-electron chi connectivity index (χ1n) is 7.71. The van der Waals surface area contributed by atoms with Crippen LogP contribution in [0.3, 0.4) is 0 Å². The normalized spacial score (nSPS) is 39.7. The number of carbonyl (C=O) groups is 1. The van der Waals surface area contributed by atoms with Gasteiger partial charge in [0.1, 0.15) is 12.2 Å². The van der Waals surface area contributed by atoms with E-state index in [2.05, 4.69) is 19.9 Å². The second-order valence-electron chi connectivity index (χ2n) is 6.45. The number of hydrogen-bond acceptors (Lipinski definition) is 4. The first kappa shape index (κ1) is 14.1. The monoisotopic (exact) mass is 280 g/mol. The second-order valence-corrected chi connectivity index (χ2v) is 6.45. The van der Waals surface area contributed by atoms with E-state index in [1.807, 2.05) is 0 Å². The van der Waals surface area contributed by atoms with Gasteiger partial charge in [-0.05, 0) is 44.9 Å². The third-order valence-electron chi connectivity index (χ3n) is 4.75. The fourth-order valence-corrected chi connectivity index (χ4v) is 3.72. The summed E-state index contributed by atoms with van der Waals surface area (Å²) in [6.45, 7) is 5.50. The number of fused-ring (bicyclic) bond motifs is 2. The van der Waals surface area contributed by atoms with Gasteiger partial charge in [-0.1, -0.05) is 11.6 Å². The summed E-state index contributed by atoms with van der Waals surface area (Å²) in [6.07, 6.45) is 5.69. The highest BCUT2D eigenvalue weighted by atomic mass is 16.6. The summed E-state index contributed by atoms with van der Waals surface area (Å²) in [4.78, 5) is 11.6. The van der Waals surface area contributed by atoms with Gasteiger partial charge in [0.15, 0.2) is 0 Å². The van der Waals surface area contributed by atoms with E-state index in [1.165, 1.54) is 5.57 Å². The van der Waals surface area contributed by atoms with Crippen LogP contribution >= 0.6 is 0 Å². The first-order chi connectivity index (χ1) is 9.65. The smallest absolute Gasteiger partial charge is 0.306 e. The SMILES string of the molecule is CC(C)=CCO[C@H]1[C@@H]2OC(=O)CC[C@H]2C[C@H]2CCO[C@@H]21. The lowest BCUT2D eigenvalue weighted by Gasteiger charge is -2.45.